The minimum Gasteiger partial charge on any atom is -0.477 e. The van der Waals surface area contributed by atoms with Crippen molar-refractivity contribution in [2.75, 3.05) is 12.4 Å². The van der Waals surface area contributed by atoms with Crippen molar-refractivity contribution in [3.8, 4) is 0 Å². The van der Waals surface area contributed by atoms with Crippen molar-refractivity contribution in [3.63, 3.8) is 0 Å². The van der Waals surface area contributed by atoms with Crippen molar-refractivity contribution in [1.29, 1.82) is 0 Å². The van der Waals surface area contributed by atoms with E-state index in [1.165, 1.54) is 39.8 Å². The van der Waals surface area contributed by atoms with Gasteiger partial charge in [-0.1, -0.05) is 21.6 Å². The van der Waals surface area contributed by atoms with Crippen molar-refractivity contribution in [2.45, 2.75) is 4.90 Å². The number of aliphatic hydroxyl groups excluding tert-OH is 1. The van der Waals surface area contributed by atoms with E-state index in [4.69, 9.17) is 10.2 Å². The summed E-state index contributed by atoms with van der Waals surface area (Å²) in [7, 11) is 2.61. The number of nitro groups is 1. The van der Waals surface area contributed by atoms with Gasteiger partial charge in [-0.05, 0) is 12.1 Å². The average molecular weight is 275 g/mol. The predicted octanol–water partition coefficient (Wildman–Crippen LogP) is 2.03. The standard InChI is InChI=1S/C9H9NO5S2/c11-3-4-16-17-6-1-2-8(10(14)15)7(5-6)9(12)13/h1-2,5,11H,3-4H2,(H,12,13). The van der Waals surface area contributed by atoms with E-state index in [2.05, 4.69) is 0 Å². The molecule has 0 aromatic heterocycles. The van der Waals surface area contributed by atoms with Gasteiger partial charge in [0.2, 0.25) is 0 Å². The molecule has 0 atom stereocenters. The lowest BCUT2D eigenvalue weighted by atomic mass is 10.2. The lowest BCUT2D eigenvalue weighted by Crippen LogP contribution is -2.02. The Morgan fingerprint density at radius 3 is 2.71 bits per heavy atom. The van der Waals surface area contributed by atoms with Crippen LogP contribution in [-0.2, 0) is 0 Å². The minimum atomic E-state index is -1.33. The molecule has 0 unspecified atom stereocenters. The summed E-state index contributed by atoms with van der Waals surface area (Å²) in [6.07, 6.45) is 0. The molecule has 6 nitrogen and oxygen atoms in total. The molecule has 0 bridgehead atoms. The highest BCUT2D eigenvalue weighted by Crippen LogP contribution is 2.33. The maximum absolute atomic E-state index is 10.8. The number of carboxylic acid groups (broad SMARTS) is 1. The van der Waals surface area contributed by atoms with E-state index >= 15 is 0 Å². The Hall–Kier alpha value is -1.25. The second-order valence-corrected chi connectivity index (χ2v) is 5.36. The minimum absolute atomic E-state index is 0.0242. The molecule has 2 N–H and O–H groups in total. The summed E-state index contributed by atoms with van der Waals surface area (Å²) in [5.74, 6) is -0.823. The molecular weight excluding hydrogens is 266 g/mol. The number of hydrogen-bond acceptors (Lipinski definition) is 6. The molecule has 1 aromatic rings. The molecule has 0 saturated carbocycles. The van der Waals surface area contributed by atoms with Crippen LogP contribution in [0.2, 0.25) is 0 Å². The fraction of sp³-hybridized carbons (Fsp3) is 0.222. The second-order valence-electron chi connectivity index (χ2n) is 2.87. The monoisotopic (exact) mass is 275 g/mol. The van der Waals surface area contributed by atoms with Gasteiger partial charge in [0.25, 0.3) is 5.69 Å². The summed E-state index contributed by atoms with van der Waals surface area (Å²) in [5, 5.41) is 28.0. The molecule has 0 aliphatic carbocycles. The van der Waals surface area contributed by atoms with Crippen LogP contribution in [0, 0.1) is 10.1 Å². The van der Waals surface area contributed by atoms with Crippen LogP contribution in [0.1, 0.15) is 10.4 Å². The van der Waals surface area contributed by atoms with Gasteiger partial charge in [0.1, 0.15) is 5.56 Å². The maximum atomic E-state index is 10.8. The van der Waals surface area contributed by atoms with Crippen molar-refractivity contribution in [3.05, 3.63) is 33.9 Å². The van der Waals surface area contributed by atoms with Crippen LogP contribution < -0.4 is 0 Å². The lowest BCUT2D eigenvalue weighted by molar-refractivity contribution is -0.385. The van der Waals surface area contributed by atoms with Gasteiger partial charge in [-0.3, -0.25) is 10.1 Å². The Kier molecular flexibility index (Phi) is 5.26. The quantitative estimate of drug-likeness (QED) is 0.354. The smallest absolute Gasteiger partial charge is 0.342 e. The van der Waals surface area contributed by atoms with Crippen LogP contribution in [0.3, 0.4) is 0 Å². The molecule has 1 rings (SSSR count). The predicted molar refractivity (Wildman–Crippen MR) is 65.5 cm³/mol. The van der Waals surface area contributed by atoms with Crippen LogP contribution in [0.15, 0.2) is 23.1 Å². The molecule has 0 fully saturated rings. The number of carbonyl (C=O) groups is 1. The first-order chi connectivity index (χ1) is 8.06. The molecule has 0 amide bonds. The molecular formula is C9H9NO5S2. The van der Waals surface area contributed by atoms with Gasteiger partial charge in [-0.15, -0.1) is 0 Å². The number of carboxylic acids is 1. The van der Waals surface area contributed by atoms with Gasteiger partial charge in [-0.2, -0.15) is 0 Å². The van der Waals surface area contributed by atoms with Crippen LogP contribution in [0.4, 0.5) is 5.69 Å². The molecule has 8 heteroatoms. The summed E-state index contributed by atoms with van der Waals surface area (Å²) < 4.78 is 0. The molecule has 0 radical (unpaired) electrons. The normalized spacial score (nSPS) is 10.2. The van der Waals surface area contributed by atoms with Crippen LogP contribution in [-0.4, -0.2) is 33.5 Å². The van der Waals surface area contributed by atoms with E-state index in [1.807, 2.05) is 0 Å². The third-order valence-corrected chi connectivity index (χ3v) is 4.07. The van der Waals surface area contributed by atoms with Gasteiger partial charge in [0.05, 0.1) is 11.5 Å². The average Bonchev–Trinajstić information content (AvgIpc) is 2.29. The summed E-state index contributed by atoms with van der Waals surface area (Å²) in [4.78, 5) is 21.3. The maximum Gasteiger partial charge on any atom is 0.342 e. The zero-order valence-corrected chi connectivity index (χ0v) is 10.2. The molecule has 0 heterocycles. The van der Waals surface area contributed by atoms with Gasteiger partial charge < -0.3 is 10.2 Å². The highest BCUT2D eigenvalue weighted by Gasteiger charge is 2.19. The van der Waals surface area contributed by atoms with E-state index in [0.29, 0.717) is 10.6 Å². The first kappa shape index (κ1) is 13.8. The number of rotatable bonds is 6. The van der Waals surface area contributed by atoms with Crippen molar-refractivity contribution >= 4 is 33.2 Å². The molecule has 0 aliphatic heterocycles. The molecule has 0 saturated heterocycles. The first-order valence-electron chi connectivity index (χ1n) is 4.48. The summed E-state index contributed by atoms with van der Waals surface area (Å²) in [6.45, 7) is 0.0242. The summed E-state index contributed by atoms with van der Waals surface area (Å²) in [6, 6.07) is 3.92. The Balaban J connectivity index is 2.94. The third-order valence-electron chi connectivity index (χ3n) is 1.72. The number of nitro benzene ring substituents is 1. The molecule has 17 heavy (non-hydrogen) atoms. The number of nitrogens with zero attached hydrogens (tertiary/aromatic N) is 1. The van der Waals surface area contributed by atoms with E-state index < -0.39 is 16.6 Å². The largest absolute Gasteiger partial charge is 0.477 e. The summed E-state index contributed by atoms with van der Waals surface area (Å²) >= 11 is 0. The van der Waals surface area contributed by atoms with E-state index in [9.17, 15) is 14.9 Å². The Morgan fingerprint density at radius 2 is 2.18 bits per heavy atom. The molecule has 1 aromatic carbocycles. The van der Waals surface area contributed by atoms with Crippen molar-refractivity contribution in [1.82, 2.24) is 0 Å². The zero-order chi connectivity index (χ0) is 12.8. The fourth-order valence-electron chi connectivity index (χ4n) is 1.04. The molecule has 92 valence electrons. The van der Waals surface area contributed by atoms with Crippen LogP contribution in [0.25, 0.3) is 0 Å². The second kappa shape index (κ2) is 6.48. The number of aromatic carboxylic acids is 1. The van der Waals surface area contributed by atoms with E-state index in [0.717, 1.165) is 0 Å². The highest BCUT2D eigenvalue weighted by molar-refractivity contribution is 8.76. The van der Waals surface area contributed by atoms with Crippen molar-refractivity contribution in [2.24, 2.45) is 0 Å². The zero-order valence-electron chi connectivity index (χ0n) is 8.53. The SMILES string of the molecule is O=C(O)c1cc(SSCCO)ccc1[N+](=O)[O-]. The van der Waals surface area contributed by atoms with Gasteiger partial charge >= 0.3 is 5.97 Å². The highest BCUT2D eigenvalue weighted by atomic mass is 33.1. The summed E-state index contributed by atoms with van der Waals surface area (Å²) in [5.41, 5.74) is -0.751. The van der Waals surface area contributed by atoms with E-state index in [-0.39, 0.29) is 12.2 Å². The van der Waals surface area contributed by atoms with Crippen molar-refractivity contribution < 1.29 is 19.9 Å². The fourth-order valence-corrected chi connectivity index (χ4v) is 2.82. The number of hydrogen-bond donors (Lipinski definition) is 2. The van der Waals surface area contributed by atoms with Gasteiger partial charge in [-0.25, -0.2) is 4.79 Å². The number of aliphatic hydroxyl groups is 1. The molecule has 0 spiro atoms. The van der Waals surface area contributed by atoms with E-state index in [1.54, 1.807) is 0 Å². The molecule has 0 aliphatic rings. The van der Waals surface area contributed by atoms with Crippen LogP contribution in [0.5, 0.6) is 0 Å². The Morgan fingerprint density at radius 1 is 1.47 bits per heavy atom. The number of benzene rings is 1. The first-order valence-corrected chi connectivity index (χ1v) is 6.80. The van der Waals surface area contributed by atoms with Gasteiger partial charge in [0, 0.05) is 16.7 Å². The Bertz CT molecular complexity index is 437. The van der Waals surface area contributed by atoms with Crippen LogP contribution >= 0.6 is 21.6 Å². The Labute approximate surface area is 105 Å². The van der Waals surface area contributed by atoms with Gasteiger partial charge in [0.15, 0.2) is 0 Å². The topological polar surface area (TPSA) is 101 Å². The lowest BCUT2D eigenvalue weighted by Gasteiger charge is -2.02. The third kappa shape index (κ3) is 3.91.